The molecule has 9 heteroatoms. The van der Waals surface area contributed by atoms with Crippen molar-refractivity contribution in [1.82, 2.24) is 15.5 Å². The molecule has 0 aliphatic rings. The molecule has 2 aromatic carbocycles. The lowest BCUT2D eigenvalue weighted by molar-refractivity contribution is 0.0948. The first-order valence-electron chi connectivity index (χ1n) is 8.70. The highest BCUT2D eigenvalue weighted by Crippen LogP contribution is 2.24. The van der Waals surface area contributed by atoms with Crippen LogP contribution in [0.2, 0.25) is 0 Å². The number of carbonyl (C=O) groups excluding carboxylic acids is 2. The molecule has 0 aliphatic carbocycles. The molecule has 0 fully saturated rings. The van der Waals surface area contributed by atoms with Gasteiger partial charge in [0.2, 0.25) is 10.0 Å². The van der Waals surface area contributed by atoms with E-state index in [4.69, 9.17) is 9.47 Å². The fourth-order valence-corrected chi connectivity index (χ4v) is 3.15. The summed E-state index contributed by atoms with van der Waals surface area (Å²) in [6, 6.07) is 12.7. The Labute approximate surface area is 171 Å². The van der Waals surface area contributed by atoms with E-state index in [1.165, 1.54) is 0 Å². The van der Waals surface area contributed by atoms with Gasteiger partial charge in [-0.05, 0) is 37.3 Å². The molecule has 0 saturated carbocycles. The Balaban J connectivity index is 1.63. The number of hydrogen-bond donors (Lipinski definition) is 2. The third-order valence-electron chi connectivity index (χ3n) is 4.05. The Kier molecular flexibility index (Phi) is 6.40. The average molecular weight is 412 g/mol. The minimum atomic E-state index is -0.429. The van der Waals surface area contributed by atoms with Crippen molar-refractivity contribution in [3.8, 4) is 11.5 Å². The van der Waals surface area contributed by atoms with Gasteiger partial charge in [-0.25, -0.2) is 0 Å². The molecule has 1 aromatic heterocycles. The molecule has 0 unspecified atom stereocenters. The van der Waals surface area contributed by atoms with Crippen LogP contribution in [0.15, 0.2) is 42.5 Å². The second-order valence-electron chi connectivity index (χ2n) is 6.09. The Bertz CT molecular complexity index is 1020. The molecule has 150 valence electrons. The van der Waals surface area contributed by atoms with Crippen LogP contribution >= 0.6 is 11.3 Å². The third kappa shape index (κ3) is 5.08. The van der Waals surface area contributed by atoms with Gasteiger partial charge in [0.1, 0.15) is 11.5 Å². The minimum absolute atomic E-state index is 0.0981. The molecule has 0 saturated heterocycles. The molecule has 2 N–H and O–H groups in total. The molecule has 0 aliphatic heterocycles. The lowest BCUT2D eigenvalue weighted by Gasteiger charge is -2.10. The Morgan fingerprint density at radius 3 is 2.31 bits per heavy atom. The second-order valence-corrected chi connectivity index (χ2v) is 7.07. The number of amides is 2. The quantitative estimate of drug-likeness (QED) is 0.618. The summed E-state index contributed by atoms with van der Waals surface area (Å²) in [6.07, 6.45) is 0. The SMILES string of the molecule is COc1ccc(OC)c(CNC(=O)c2nnc(C(=O)Nc3ccc(C)cc3)s2)c1. The van der Waals surface area contributed by atoms with Gasteiger partial charge in [0, 0.05) is 17.8 Å². The van der Waals surface area contributed by atoms with Crippen LogP contribution in [0.25, 0.3) is 0 Å². The van der Waals surface area contributed by atoms with Crippen molar-refractivity contribution < 1.29 is 19.1 Å². The van der Waals surface area contributed by atoms with Gasteiger partial charge >= 0.3 is 0 Å². The van der Waals surface area contributed by atoms with E-state index in [0.717, 1.165) is 22.5 Å². The zero-order chi connectivity index (χ0) is 20.8. The number of nitrogens with zero attached hydrogens (tertiary/aromatic N) is 2. The number of rotatable bonds is 7. The number of aryl methyl sites for hydroxylation is 1. The van der Waals surface area contributed by atoms with Gasteiger partial charge in [-0.2, -0.15) is 0 Å². The highest BCUT2D eigenvalue weighted by molar-refractivity contribution is 7.15. The standard InChI is InChI=1S/C20H20N4O4S/c1-12-4-6-14(7-5-12)22-18(26)20-24-23-19(29-20)17(25)21-11-13-10-15(27-2)8-9-16(13)28-3/h4-10H,11H2,1-3H3,(H,21,25)(H,22,26). The van der Waals surface area contributed by atoms with E-state index in [9.17, 15) is 9.59 Å². The van der Waals surface area contributed by atoms with Gasteiger partial charge < -0.3 is 20.1 Å². The van der Waals surface area contributed by atoms with Crippen molar-refractivity contribution in [2.75, 3.05) is 19.5 Å². The minimum Gasteiger partial charge on any atom is -0.497 e. The van der Waals surface area contributed by atoms with Gasteiger partial charge in [0.25, 0.3) is 11.8 Å². The van der Waals surface area contributed by atoms with Crippen LogP contribution in [0.1, 0.15) is 30.7 Å². The molecule has 0 atom stereocenters. The molecule has 2 amide bonds. The molecule has 1 heterocycles. The second kappa shape index (κ2) is 9.16. The summed E-state index contributed by atoms with van der Waals surface area (Å²) in [5, 5.41) is 13.3. The summed E-state index contributed by atoms with van der Waals surface area (Å²) in [6.45, 7) is 2.17. The van der Waals surface area contributed by atoms with E-state index >= 15 is 0 Å². The summed E-state index contributed by atoms with van der Waals surface area (Å²) in [7, 11) is 3.12. The van der Waals surface area contributed by atoms with E-state index in [1.54, 1.807) is 44.6 Å². The first-order valence-corrected chi connectivity index (χ1v) is 9.52. The highest BCUT2D eigenvalue weighted by atomic mass is 32.1. The predicted molar refractivity (Wildman–Crippen MR) is 110 cm³/mol. The van der Waals surface area contributed by atoms with E-state index < -0.39 is 11.8 Å². The lowest BCUT2D eigenvalue weighted by atomic mass is 10.2. The molecule has 0 bridgehead atoms. The molecule has 0 spiro atoms. The zero-order valence-electron chi connectivity index (χ0n) is 16.2. The van der Waals surface area contributed by atoms with Crippen molar-refractivity contribution in [1.29, 1.82) is 0 Å². The number of nitrogens with one attached hydrogen (secondary N) is 2. The van der Waals surface area contributed by atoms with Crippen LogP contribution in [0.5, 0.6) is 11.5 Å². The van der Waals surface area contributed by atoms with Crippen LogP contribution in [0.4, 0.5) is 5.69 Å². The summed E-state index contributed by atoms with van der Waals surface area (Å²) in [5.74, 6) is 0.434. The molecular formula is C20H20N4O4S. The normalized spacial score (nSPS) is 10.3. The number of benzene rings is 2. The average Bonchev–Trinajstić information content (AvgIpc) is 3.24. The summed E-state index contributed by atoms with van der Waals surface area (Å²) >= 11 is 0.922. The molecular weight excluding hydrogens is 392 g/mol. The van der Waals surface area contributed by atoms with E-state index in [2.05, 4.69) is 20.8 Å². The van der Waals surface area contributed by atoms with E-state index in [0.29, 0.717) is 17.2 Å². The smallest absolute Gasteiger partial charge is 0.286 e. The van der Waals surface area contributed by atoms with Gasteiger partial charge in [-0.1, -0.05) is 29.0 Å². The molecule has 8 nitrogen and oxygen atoms in total. The molecule has 3 aromatic rings. The van der Waals surface area contributed by atoms with Crippen molar-refractivity contribution in [3.63, 3.8) is 0 Å². The maximum atomic E-state index is 12.4. The molecule has 29 heavy (non-hydrogen) atoms. The summed E-state index contributed by atoms with van der Waals surface area (Å²) in [5.41, 5.74) is 2.49. The fourth-order valence-electron chi connectivity index (χ4n) is 2.50. The Hall–Kier alpha value is -3.46. The molecule has 3 rings (SSSR count). The van der Waals surface area contributed by atoms with Crippen LogP contribution in [-0.4, -0.2) is 36.2 Å². The number of anilines is 1. The zero-order valence-corrected chi connectivity index (χ0v) is 17.0. The third-order valence-corrected chi connectivity index (χ3v) is 4.97. The summed E-state index contributed by atoms with van der Waals surface area (Å²) in [4.78, 5) is 24.7. The largest absolute Gasteiger partial charge is 0.497 e. The number of methoxy groups -OCH3 is 2. The summed E-state index contributed by atoms with van der Waals surface area (Å²) < 4.78 is 10.5. The van der Waals surface area contributed by atoms with E-state index in [-0.39, 0.29) is 16.6 Å². The van der Waals surface area contributed by atoms with Crippen molar-refractivity contribution in [2.24, 2.45) is 0 Å². The number of aromatic nitrogens is 2. The number of hydrogen-bond acceptors (Lipinski definition) is 7. The Morgan fingerprint density at radius 1 is 0.966 bits per heavy atom. The number of ether oxygens (including phenoxy) is 2. The van der Waals surface area contributed by atoms with E-state index in [1.807, 2.05) is 19.1 Å². The van der Waals surface area contributed by atoms with Gasteiger partial charge in [-0.15, -0.1) is 10.2 Å². The topological polar surface area (TPSA) is 102 Å². The van der Waals surface area contributed by atoms with Gasteiger partial charge in [0.05, 0.1) is 14.2 Å². The fraction of sp³-hybridized carbons (Fsp3) is 0.200. The highest BCUT2D eigenvalue weighted by Gasteiger charge is 2.18. The first-order chi connectivity index (χ1) is 14.0. The van der Waals surface area contributed by atoms with Crippen molar-refractivity contribution in [2.45, 2.75) is 13.5 Å². The predicted octanol–water partition coefficient (Wildman–Crippen LogP) is 3.05. The first kappa shape index (κ1) is 20.3. The molecule has 0 radical (unpaired) electrons. The van der Waals surface area contributed by atoms with Crippen LogP contribution < -0.4 is 20.1 Å². The van der Waals surface area contributed by atoms with Crippen molar-refractivity contribution in [3.05, 3.63) is 63.6 Å². The van der Waals surface area contributed by atoms with Crippen LogP contribution in [-0.2, 0) is 6.54 Å². The van der Waals surface area contributed by atoms with Crippen LogP contribution in [0.3, 0.4) is 0 Å². The van der Waals surface area contributed by atoms with Gasteiger partial charge in [-0.3, -0.25) is 9.59 Å². The maximum Gasteiger partial charge on any atom is 0.286 e. The van der Waals surface area contributed by atoms with Crippen molar-refractivity contribution >= 4 is 28.8 Å². The van der Waals surface area contributed by atoms with Crippen LogP contribution in [0, 0.1) is 6.92 Å². The van der Waals surface area contributed by atoms with Gasteiger partial charge in [0.15, 0.2) is 0 Å². The Morgan fingerprint density at radius 2 is 1.66 bits per heavy atom. The lowest BCUT2D eigenvalue weighted by Crippen LogP contribution is -2.23. The maximum absolute atomic E-state index is 12.4. The number of carbonyl (C=O) groups is 2. The monoisotopic (exact) mass is 412 g/mol.